The molecule has 1 amide bonds. The third-order valence-electron chi connectivity index (χ3n) is 3.10. The second-order valence-electron chi connectivity index (χ2n) is 6.59. The van der Waals surface area contributed by atoms with Crippen molar-refractivity contribution in [3.8, 4) is 0 Å². The Morgan fingerprint density at radius 3 is 2.33 bits per heavy atom. The summed E-state index contributed by atoms with van der Waals surface area (Å²) in [4.78, 5) is 12.1. The Labute approximate surface area is 170 Å². The molecule has 0 saturated heterocycles. The van der Waals surface area contributed by atoms with E-state index in [0.29, 0.717) is 10.8 Å². The lowest BCUT2D eigenvalue weighted by Crippen LogP contribution is -2.42. The molecule has 0 unspecified atom stereocenters. The van der Waals surface area contributed by atoms with Crippen LogP contribution < -0.4 is 5.32 Å². The lowest BCUT2D eigenvalue weighted by atomic mass is 10.2. The van der Waals surface area contributed by atoms with E-state index in [0.717, 1.165) is 11.3 Å². The Balaban J connectivity index is 2.63. The number of hydrogen-bond donors (Lipinski definition) is 1. The van der Waals surface area contributed by atoms with Gasteiger partial charge in [0.25, 0.3) is 0 Å². The SMILES string of the molecule is COP(=O)(OC)OC[C@@H](CSCc1ccc(Cl)cc1)NC(=O)OC(C)(C)C. The molecule has 0 heterocycles. The van der Waals surface area contributed by atoms with Gasteiger partial charge in [-0.1, -0.05) is 23.7 Å². The molecule has 0 saturated carbocycles. The van der Waals surface area contributed by atoms with Crippen molar-refractivity contribution in [2.24, 2.45) is 0 Å². The van der Waals surface area contributed by atoms with Gasteiger partial charge < -0.3 is 10.1 Å². The summed E-state index contributed by atoms with van der Waals surface area (Å²) in [7, 11) is -1.17. The highest BCUT2D eigenvalue weighted by atomic mass is 35.5. The van der Waals surface area contributed by atoms with E-state index >= 15 is 0 Å². The predicted molar refractivity (Wildman–Crippen MR) is 108 cm³/mol. The van der Waals surface area contributed by atoms with Gasteiger partial charge in [0.1, 0.15) is 5.60 Å². The molecule has 0 aliphatic rings. The van der Waals surface area contributed by atoms with Gasteiger partial charge in [-0.2, -0.15) is 11.8 Å². The molecule has 1 aromatic carbocycles. The van der Waals surface area contributed by atoms with E-state index in [2.05, 4.69) is 5.32 Å². The van der Waals surface area contributed by atoms with Gasteiger partial charge >= 0.3 is 13.9 Å². The molecule has 0 aliphatic heterocycles. The van der Waals surface area contributed by atoms with Crippen LogP contribution in [0.15, 0.2) is 24.3 Å². The Morgan fingerprint density at radius 1 is 1.22 bits per heavy atom. The molecule has 7 nitrogen and oxygen atoms in total. The molecule has 1 rings (SSSR count). The normalized spacial score (nSPS) is 13.3. The van der Waals surface area contributed by atoms with Crippen LogP contribution in [-0.2, 0) is 28.6 Å². The van der Waals surface area contributed by atoms with E-state index in [-0.39, 0.29) is 6.61 Å². The summed E-state index contributed by atoms with van der Waals surface area (Å²) in [6.07, 6.45) is -0.576. The molecule has 0 bridgehead atoms. The third kappa shape index (κ3) is 10.4. The van der Waals surface area contributed by atoms with Crippen LogP contribution in [0.25, 0.3) is 0 Å². The standard InChI is InChI=1S/C17H27ClNO6PS/c1-17(2,3)25-16(20)19-15(10-24-26(21,22-4)23-5)12-27-11-13-6-8-14(18)9-7-13/h6-9,15H,10-12H2,1-5H3,(H,19,20)/t15-/m0/s1. The zero-order valence-electron chi connectivity index (χ0n) is 16.2. The van der Waals surface area contributed by atoms with Gasteiger partial charge in [-0.05, 0) is 38.5 Å². The number of amides is 1. The van der Waals surface area contributed by atoms with E-state index in [1.165, 1.54) is 14.2 Å². The molecule has 1 aromatic rings. The molecule has 1 atom stereocenters. The fourth-order valence-electron chi connectivity index (χ4n) is 1.87. The Hall–Kier alpha value is -0.760. The van der Waals surface area contributed by atoms with Crippen molar-refractivity contribution in [2.75, 3.05) is 26.6 Å². The molecule has 0 aromatic heterocycles. The van der Waals surface area contributed by atoms with Crippen LogP contribution in [0.1, 0.15) is 26.3 Å². The Morgan fingerprint density at radius 2 is 1.81 bits per heavy atom. The van der Waals surface area contributed by atoms with Crippen molar-refractivity contribution in [1.82, 2.24) is 5.32 Å². The van der Waals surface area contributed by atoms with Gasteiger partial charge in [0.15, 0.2) is 0 Å². The number of phosphoric ester groups is 1. The predicted octanol–water partition coefficient (Wildman–Crippen LogP) is 4.88. The minimum absolute atomic E-state index is 0.0498. The summed E-state index contributed by atoms with van der Waals surface area (Å²) >= 11 is 7.46. The third-order valence-corrected chi connectivity index (χ3v) is 5.89. The first-order chi connectivity index (χ1) is 12.6. The molecule has 1 N–H and O–H groups in total. The van der Waals surface area contributed by atoms with E-state index < -0.39 is 25.6 Å². The zero-order valence-corrected chi connectivity index (χ0v) is 18.7. The Bertz CT molecular complexity index is 629. The number of carbonyl (C=O) groups excluding carboxylic acids is 1. The second-order valence-corrected chi connectivity index (χ2v) is 9.94. The summed E-state index contributed by atoms with van der Waals surface area (Å²) < 4.78 is 32.1. The minimum Gasteiger partial charge on any atom is -0.444 e. The van der Waals surface area contributed by atoms with Gasteiger partial charge in [0.05, 0.1) is 12.6 Å². The number of hydrogen-bond acceptors (Lipinski definition) is 7. The fourth-order valence-corrected chi connectivity index (χ4v) is 3.73. The quantitative estimate of drug-likeness (QED) is 0.520. The molecular formula is C17H27ClNO6PS. The number of carbonyl (C=O) groups is 1. The second kappa shape index (κ2) is 11.3. The van der Waals surface area contributed by atoms with Crippen molar-refractivity contribution >= 4 is 37.3 Å². The van der Waals surface area contributed by atoms with Crippen molar-refractivity contribution < 1.29 is 27.7 Å². The first kappa shape index (κ1) is 24.3. The number of alkyl carbamates (subject to hydrolysis) is 1. The van der Waals surface area contributed by atoms with Crippen LogP contribution >= 0.6 is 31.2 Å². The summed E-state index contributed by atoms with van der Waals surface area (Å²) in [5.74, 6) is 1.23. The smallest absolute Gasteiger partial charge is 0.444 e. The highest BCUT2D eigenvalue weighted by Crippen LogP contribution is 2.47. The lowest BCUT2D eigenvalue weighted by Gasteiger charge is -2.24. The van der Waals surface area contributed by atoms with Gasteiger partial charge in [-0.25, -0.2) is 9.36 Å². The minimum atomic E-state index is -3.63. The topological polar surface area (TPSA) is 83.1 Å². The molecule has 10 heteroatoms. The summed E-state index contributed by atoms with van der Waals surface area (Å²) in [5.41, 5.74) is 0.473. The van der Waals surface area contributed by atoms with Crippen LogP contribution in [0.5, 0.6) is 0 Å². The van der Waals surface area contributed by atoms with Crippen LogP contribution in [0.2, 0.25) is 5.02 Å². The number of benzene rings is 1. The van der Waals surface area contributed by atoms with E-state index in [1.54, 1.807) is 32.5 Å². The summed E-state index contributed by atoms with van der Waals surface area (Å²) in [5, 5.41) is 3.41. The number of phosphoric acid groups is 1. The maximum atomic E-state index is 12.1. The molecule has 0 aliphatic carbocycles. The van der Waals surface area contributed by atoms with E-state index in [9.17, 15) is 9.36 Å². The van der Waals surface area contributed by atoms with Crippen LogP contribution in [0, 0.1) is 0 Å². The van der Waals surface area contributed by atoms with Crippen LogP contribution in [0.3, 0.4) is 0 Å². The average molecular weight is 440 g/mol. The van der Waals surface area contributed by atoms with Crippen LogP contribution in [0.4, 0.5) is 4.79 Å². The van der Waals surface area contributed by atoms with Crippen molar-refractivity contribution in [1.29, 1.82) is 0 Å². The van der Waals surface area contributed by atoms with Crippen molar-refractivity contribution in [2.45, 2.75) is 38.2 Å². The van der Waals surface area contributed by atoms with Gasteiger partial charge in [0, 0.05) is 30.7 Å². The van der Waals surface area contributed by atoms with Crippen LogP contribution in [-0.4, -0.2) is 44.3 Å². The molecule has 27 heavy (non-hydrogen) atoms. The molecular weight excluding hydrogens is 413 g/mol. The number of halogens is 1. The van der Waals surface area contributed by atoms with Crippen molar-refractivity contribution in [3.05, 3.63) is 34.9 Å². The number of nitrogens with one attached hydrogen (secondary N) is 1. The molecule has 0 spiro atoms. The van der Waals surface area contributed by atoms with Gasteiger partial charge in [-0.3, -0.25) is 13.6 Å². The first-order valence-corrected chi connectivity index (χ1v) is 11.2. The molecule has 154 valence electrons. The van der Waals surface area contributed by atoms with E-state index in [1.807, 2.05) is 24.3 Å². The lowest BCUT2D eigenvalue weighted by molar-refractivity contribution is 0.0483. The Kier molecular flexibility index (Phi) is 10.2. The number of ether oxygens (including phenoxy) is 1. The number of rotatable bonds is 10. The highest BCUT2D eigenvalue weighted by Gasteiger charge is 2.26. The van der Waals surface area contributed by atoms with E-state index in [4.69, 9.17) is 29.9 Å². The maximum Gasteiger partial charge on any atom is 0.474 e. The maximum absolute atomic E-state index is 12.1. The monoisotopic (exact) mass is 439 g/mol. The zero-order chi connectivity index (χ0) is 20.5. The largest absolute Gasteiger partial charge is 0.474 e. The highest BCUT2D eigenvalue weighted by molar-refractivity contribution is 7.98. The fraction of sp³-hybridized carbons (Fsp3) is 0.588. The van der Waals surface area contributed by atoms with Gasteiger partial charge in [0.2, 0.25) is 0 Å². The number of thioether (sulfide) groups is 1. The molecule has 0 radical (unpaired) electrons. The summed E-state index contributed by atoms with van der Waals surface area (Å²) in [6.45, 7) is 5.28. The average Bonchev–Trinajstić information content (AvgIpc) is 2.59. The van der Waals surface area contributed by atoms with Crippen molar-refractivity contribution in [3.63, 3.8) is 0 Å². The first-order valence-electron chi connectivity index (χ1n) is 8.24. The molecule has 0 fully saturated rings. The van der Waals surface area contributed by atoms with Gasteiger partial charge in [-0.15, -0.1) is 0 Å². The summed E-state index contributed by atoms with van der Waals surface area (Å²) in [6, 6.07) is 7.07.